The van der Waals surface area contributed by atoms with Crippen molar-refractivity contribution >= 4 is 24.1 Å². The second-order valence-corrected chi connectivity index (χ2v) is 10.6. The number of nitriles is 1. The maximum absolute atomic E-state index is 10.6. The molecule has 1 aliphatic rings. The SMILES string of the molecule is Cc1cccc(C=Cc2cccc3c2CCN(Cc2cncn2Cc2ccc(C#N)cc2)C3)c1.O=C(O)C(F)(F)F.O=C(O)C(F)(F)F. The number of fused-ring (bicyclic) bond motifs is 1. The molecule has 0 fully saturated rings. The maximum Gasteiger partial charge on any atom is 0.490 e. The molecule has 252 valence electrons. The van der Waals surface area contributed by atoms with Crippen molar-refractivity contribution in [1.29, 1.82) is 5.26 Å². The zero-order valence-electron chi connectivity index (χ0n) is 25.5. The smallest absolute Gasteiger partial charge is 0.475 e. The summed E-state index contributed by atoms with van der Waals surface area (Å²) in [4.78, 5) is 24.7. The number of halogens is 6. The minimum atomic E-state index is -5.08. The predicted molar refractivity (Wildman–Crippen MR) is 164 cm³/mol. The Morgan fingerprint density at radius 3 is 2.12 bits per heavy atom. The molecule has 2 heterocycles. The molecule has 1 aromatic heterocycles. The first kappa shape index (κ1) is 37.0. The number of aliphatic carboxylic acids is 2. The molecule has 0 unspecified atom stereocenters. The summed E-state index contributed by atoms with van der Waals surface area (Å²) < 4.78 is 65.7. The summed E-state index contributed by atoms with van der Waals surface area (Å²) in [6.45, 7) is 5.75. The summed E-state index contributed by atoms with van der Waals surface area (Å²) in [7, 11) is 0. The van der Waals surface area contributed by atoms with E-state index < -0.39 is 24.3 Å². The fourth-order valence-corrected chi connectivity index (χ4v) is 4.68. The Morgan fingerprint density at radius 1 is 0.917 bits per heavy atom. The van der Waals surface area contributed by atoms with Crippen LogP contribution in [-0.4, -0.2) is 55.5 Å². The van der Waals surface area contributed by atoms with Gasteiger partial charge in [0.2, 0.25) is 0 Å². The largest absolute Gasteiger partial charge is 0.490 e. The summed E-state index contributed by atoms with van der Waals surface area (Å²) in [6, 6.07) is 25.2. The summed E-state index contributed by atoms with van der Waals surface area (Å²) in [6.07, 6.45) is -0.764. The molecule has 0 aliphatic carbocycles. The number of benzene rings is 3. The highest BCUT2D eigenvalue weighted by Crippen LogP contribution is 2.26. The Labute approximate surface area is 271 Å². The van der Waals surface area contributed by atoms with E-state index in [0.29, 0.717) is 5.56 Å². The number of hydrogen-bond donors (Lipinski definition) is 2. The second-order valence-electron chi connectivity index (χ2n) is 10.6. The van der Waals surface area contributed by atoms with Crippen molar-refractivity contribution in [3.8, 4) is 6.07 Å². The van der Waals surface area contributed by atoms with E-state index in [1.807, 2.05) is 36.8 Å². The Kier molecular flexibility index (Phi) is 12.7. The molecule has 14 heteroatoms. The molecule has 2 N–H and O–H groups in total. The van der Waals surface area contributed by atoms with Crippen molar-refractivity contribution in [1.82, 2.24) is 14.5 Å². The topological polar surface area (TPSA) is 119 Å². The minimum Gasteiger partial charge on any atom is -0.475 e. The Morgan fingerprint density at radius 2 is 1.54 bits per heavy atom. The molecule has 0 amide bonds. The van der Waals surface area contributed by atoms with Crippen molar-refractivity contribution in [2.75, 3.05) is 6.54 Å². The average molecular weight is 673 g/mol. The predicted octanol–water partition coefficient (Wildman–Crippen LogP) is 7.11. The standard InChI is InChI=1S/C30H28N4.2C2HF3O2/c1-23-4-2-5-24(16-23)12-13-27-6-3-7-28-20-33(15-14-30(27)28)21-29-18-32-22-34(29)19-26-10-8-25(17-31)9-11-26;2*3-2(4,5)1(6)7/h2-13,16,18,22H,14-15,19-21H2,1H3;2*(H,6,7). The number of aryl methyl sites for hydroxylation is 1. The van der Waals surface area contributed by atoms with Crippen LogP contribution in [-0.2, 0) is 35.6 Å². The zero-order valence-corrected chi connectivity index (χ0v) is 25.5. The monoisotopic (exact) mass is 672 g/mol. The van der Waals surface area contributed by atoms with Crippen LogP contribution in [0.5, 0.6) is 0 Å². The van der Waals surface area contributed by atoms with E-state index in [2.05, 4.69) is 82.1 Å². The van der Waals surface area contributed by atoms with Crippen LogP contribution in [0.4, 0.5) is 26.3 Å². The third-order valence-corrected chi connectivity index (χ3v) is 6.98. The molecule has 3 aromatic carbocycles. The number of alkyl halides is 6. The van der Waals surface area contributed by atoms with Crippen LogP contribution in [0.1, 0.15) is 44.6 Å². The molecule has 0 saturated heterocycles. The van der Waals surface area contributed by atoms with Gasteiger partial charge in [0.05, 0.1) is 23.7 Å². The fraction of sp³-hybridized carbons (Fsp3) is 0.235. The van der Waals surface area contributed by atoms with Crippen LogP contribution < -0.4 is 0 Å². The molecule has 0 bridgehead atoms. The normalized spacial score (nSPS) is 13.0. The van der Waals surface area contributed by atoms with E-state index in [-0.39, 0.29) is 0 Å². The Bertz CT molecular complexity index is 1750. The van der Waals surface area contributed by atoms with Gasteiger partial charge in [0.1, 0.15) is 0 Å². The van der Waals surface area contributed by atoms with E-state index >= 15 is 0 Å². The molecule has 0 radical (unpaired) electrons. The van der Waals surface area contributed by atoms with Crippen molar-refractivity contribution in [2.45, 2.75) is 45.3 Å². The van der Waals surface area contributed by atoms with Crippen molar-refractivity contribution in [2.24, 2.45) is 0 Å². The van der Waals surface area contributed by atoms with E-state index in [0.717, 1.165) is 32.6 Å². The van der Waals surface area contributed by atoms with Gasteiger partial charge in [0.15, 0.2) is 0 Å². The van der Waals surface area contributed by atoms with E-state index in [1.165, 1.54) is 39.1 Å². The van der Waals surface area contributed by atoms with Gasteiger partial charge in [-0.1, -0.05) is 72.3 Å². The van der Waals surface area contributed by atoms with E-state index in [4.69, 9.17) is 25.1 Å². The van der Waals surface area contributed by atoms with Gasteiger partial charge in [-0.25, -0.2) is 14.6 Å². The Hall–Kier alpha value is -5.42. The lowest BCUT2D eigenvalue weighted by Gasteiger charge is -2.30. The van der Waals surface area contributed by atoms with Crippen LogP contribution in [0.3, 0.4) is 0 Å². The van der Waals surface area contributed by atoms with Crippen LogP contribution in [0, 0.1) is 18.3 Å². The molecular weight excluding hydrogens is 642 g/mol. The summed E-state index contributed by atoms with van der Waals surface area (Å²) in [5, 5.41) is 23.3. The number of imidazole rings is 1. The number of rotatable bonds is 6. The van der Waals surface area contributed by atoms with Gasteiger partial charge < -0.3 is 14.8 Å². The average Bonchev–Trinajstić information content (AvgIpc) is 3.46. The number of nitrogens with zero attached hydrogens (tertiary/aromatic N) is 4. The Balaban J connectivity index is 0.000000376. The lowest BCUT2D eigenvalue weighted by Crippen LogP contribution is -2.31. The first-order valence-electron chi connectivity index (χ1n) is 14.2. The van der Waals surface area contributed by atoms with Crippen LogP contribution in [0.15, 0.2) is 79.3 Å². The molecule has 0 saturated carbocycles. The van der Waals surface area contributed by atoms with Crippen molar-refractivity contribution < 1.29 is 46.1 Å². The lowest BCUT2D eigenvalue weighted by molar-refractivity contribution is -0.193. The number of carbonyl (C=O) groups is 2. The summed E-state index contributed by atoms with van der Waals surface area (Å²) in [5.74, 6) is -5.51. The molecule has 0 atom stereocenters. The highest BCUT2D eigenvalue weighted by Gasteiger charge is 2.38. The van der Waals surface area contributed by atoms with Crippen LogP contribution >= 0.6 is 0 Å². The molecular formula is C34H30F6N4O4. The molecule has 48 heavy (non-hydrogen) atoms. The van der Waals surface area contributed by atoms with E-state index in [1.54, 1.807) is 0 Å². The van der Waals surface area contributed by atoms with Gasteiger partial charge in [0.25, 0.3) is 0 Å². The second kappa shape index (κ2) is 16.4. The first-order valence-corrected chi connectivity index (χ1v) is 14.2. The quantitative estimate of drug-likeness (QED) is 0.166. The number of hydrogen-bond acceptors (Lipinski definition) is 5. The molecule has 5 rings (SSSR count). The van der Waals surface area contributed by atoms with Crippen molar-refractivity contribution in [3.05, 3.63) is 124 Å². The van der Waals surface area contributed by atoms with Gasteiger partial charge in [-0.05, 0) is 53.3 Å². The molecule has 0 spiro atoms. The first-order chi connectivity index (χ1) is 22.6. The van der Waals surface area contributed by atoms with Gasteiger partial charge in [0, 0.05) is 32.4 Å². The molecule has 1 aliphatic heterocycles. The summed E-state index contributed by atoms with van der Waals surface area (Å²) in [5.41, 5.74) is 9.80. The van der Waals surface area contributed by atoms with Crippen molar-refractivity contribution in [3.63, 3.8) is 0 Å². The number of aromatic nitrogens is 2. The summed E-state index contributed by atoms with van der Waals surface area (Å²) >= 11 is 0. The molecule has 8 nitrogen and oxygen atoms in total. The zero-order chi connectivity index (χ0) is 35.5. The third-order valence-electron chi connectivity index (χ3n) is 6.98. The number of carboxylic acids is 2. The van der Waals surface area contributed by atoms with Crippen LogP contribution in [0.2, 0.25) is 0 Å². The number of carboxylic acid groups (broad SMARTS) is 2. The van der Waals surface area contributed by atoms with Gasteiger partial charge in [-0.3, -0.25) is 4.90 Å². The minimum absolute atomic E-state index is 0.690. The van der Waals surface area contributed by atoms with E-state index in [9.17, 15) is 26.3 Å². The fourth-order valence-electron chi connectivity index (χ4n) is 4.68. The van der Waals surface area contributed by atoms with Gasteiger partial charge >= 0.3 is 24.3 Å². The lowest BCUT2D eigenvalue weighted by atomic mass is 9.94. The molecule has 4 aromatic rings. The van der Waals surface area contributed by atoms with Gasteiger partial charge in [-0.15, -0.1) is 0 Å². The van der Waals surface area contributed by atoms with Gasteiger partial charge in [-0.2, -0.15) is 31.6 Å². The maximum atomic E-state index is 10.6. The van der Waals surface area contributed by atoms with Crippen LogP contribution in [0.25, 0.3) is 12.2 Å². The highest BCUT2D eigenvalue weighted by molar-refractivity contribution is 5.73. The highest BCUT2D eigenvalue weighted by atomic mass is 19.4. The third kappa shape index (κ3) is 11.4.